The topological polar surface area (TPSA) is 149 Å². The van der Waals surface area contributed by atoms with E-state index in [-0.39, 0.29) is 30.0 Å². The summed E-state index contributed by atoms with van der Waals surface area (Å²) in [5.41, 5.74) is 2.71. The molecule has 2 aromatic carbocycles. The first-order valence-electron chi connectivity index (χ1n) is 19.5. The minimum absolute atomic E-state index is 0.0318. The van der Waals surface area contributed by atoms with Crippen LogP contribution in [-0.4, -0.2) is 88.9 Å². The Labute approximate surface area is 325 Å². The van der Waals surface area contributed by atoms with Gasteiger partial charge in [-0.05, 0) is 99.7 Å². The van der Waals surface area contributed by atoms with Crippen molar-refractivity contribution in [3.05, 3.63) is 77.1 Å². The summed E-state index contributed by atoms with van der Waals surface area (Å²) in [6.45, 7) is 5.34. The molecule has 4 aromatic rings. The number of piperidine rings is 2. The number of anilines is 2. The number of aromatic nitrogens is 3. The molecule has 0 radical (unpaired) electrons. The van der Waals surface area contributed by atoms with E-state index in [9.17, 15) is 14.4 Å². The van der Waals surface area contributed by atoms with Crippen molar-refractivity contribution < 1.29 is 19.1 Å². The highest BCUT2D eigenvalue weighted by Gasteiger charge is 2.30. The van der Waals surface area contributed by atoms with Crippen molar-refractivity contribution in [1.82, 2.24) is 30.3 Å². The highest BCUT2D eigenvalue weighted by molar-refractivity contribution is 6.31. The molecule has 55 heavy (non-hydrogen) atoms. The number of nitriles is 1. The largest absolute Gasteiger partial charge is 0.490 e. The molecule has 1 aliphatic carbocycles. The predicted octanol–water partition coefficient (Wildman–Crippen LogP) is 6.08. The zero-order valence-corrected chi connectivity index (χ0v) is 31.6. The van der Waals surface area contributed by atoms with E-state index in [2.05, 4.69) is 59.6 Å². The molecule has 8 rings (SSSR count). The Morgan fingerprint density at radius 3 is 2.55 bits per heavy atom. The molecule has 2 aromatic heterocycles. The van der Waals surface area contributed by atoms with Crippen molar-refractivity contribution in [2.24, 2.45) is 5.92 Å². The number of rotatable bonds is 9. The van der Waals surface area contributed by atoms with Crippen molar-refractivity contribution >= 4 is 51.9 Å². The number of likely N-dealkylation sites (tertiary alicyclic amines) is 1. The number of halogens is 1. The van der Waals surface area contributed by atoms with Gasteiger partial charge < -0.3 is 24.4 Å². The van der Waals surface area contributed by atoms with Crippen LogP contribution in [0.1, 0.15) is 79.9 Å². The lowest BCUT2D eigenvalue weighted by molar-refractivity contribution is -0.120. The van der Waals surface area contributed by atoms with Gasteiger partial charge in [-0.25, -0.2) is 4.79 Å². The van der Waals surface area contributed by atoms with Crippen LogP contribution in [0.3, 0.4) is 0 Å². The number of hydrogen-bond donors (Lipinski definition) is 2. The number of nitrogens with zero attached hydrogens (tertiary/aromatic N) is 7. The first-order valence-corrected chi connectivity index (χ1v) is 19.9. The molecule has 0 spiro atoms. The van der Waals surface area contributed by atoms with Crippen molar-refractivity contribution in [1.29, 1.82) is 5.26 Å². The van der Waals surface area contributed by atoms with E-state index in [1.807, 2.05) is 18.2 Å². The van der Waals surface area contributed by atoms with Gasteiger partial charge in [0.2, 0.25) is 5.91 Å². The van der Waals surface area contributed by atoms with Gasteiger partial charge in [0, 0.05) is 75.4 Å². The standard InChI is InChI=1S/C41H46ClN9O4/c42-34-23-32(9-6-28(34)24-43)55-31-10-7-29(8-11-31)44-40(53)35-12-13-38(47-46-35)49-18-2-3-27(26-49)25-48-19-14-30(15-20-48)50-21-16-33-36(50)4-1-5-37(33)51-22-17-39(52)45-41(51)54/h1,4-6,9,12-13,16,21,23,27,29-31H,2-3,7-8,10-11,14-15,17-20,22,25-26H2,(H,44,53)(H,45,52,54)/t27-,29?,31?/m0/s1. The molecule has 4 amide bonds. The lowest BCUT2D eigenvalue weighted by atomic mass is 9.92. The number of hydrogen-bond acceptors (Lipinski definition) is 9. The fraction of sp³-hybridized carbons (Fsp3) is 0.463. The highest BCUT2D eigenvalue weighted by atomic mass is 35.5. The third-order valence-corrected chi connectivity index (χ3v) is 12.0. The maximum absolute atomic E-state index is 13.1. The normalized spacial score (nSPS) is 22.7. The maximum atomic E-state index is 13.1. The third-order valence-electron chi connectivity index (χ3n) is 11.7. The van der Waals surface area contributed by atoms with Crippen LogP contribution >= 0.6 is 11.6 Å². The molecular weight excluding hydrogens is 718 g/mol. The van der Waals surface area contributed by atoms with Gasteiger partial charge in [0.25, 0.3) is 5.91 Å². The minimum atomic E-state index is -0.357. The molecule has 3 saturated heterocycles. The third kappa shape index (κ3) is 8.26. The van der Waals surface area contributed by atoms with Gasteiger partial charge in [-0.1, -0.05) is 17.7 Å². The molecule has 14 heteroatoms. The number of nitrogens with one attached hydrogen (secondary N) is 2. The van der Waals surface area contributed by atoms with Gasteiger partial charge in [-0.2, -0.15) is 5.26 Å². The lowest BCUT2D eigenvalue weighted by Crippen LogP contribution is -2.49. The van der Waals surface area contributed by atoms with E-state index in [4.69, 9.17) is 21.6 Å². The van der Waals surface area contributed by atoms with Crippen molar-refractivity contribution in [3.8, 4) is 11.8 Å². The summed E-state index contributed by atoms with van der Waals surface area (Å²) in [5, 5.41) is 24.9. The van der Waals surface area contributed by atoms with Gasteiger partial charge in [0.1, 0.15) is 11.8 Å². The van der Waals surface area contributed by atoms with E-state index in [0.29, 0.717) is 47.0 Å². The molecule has 4 fully saturated rings. The quantitative estimate of drug-likeness (QED) is 0.207. The summed E-state index contributed by atoms with van der Waals surface area (Å²) in [6, 6.07) is 19.1. The Morgan fingerprint density at radius 1 is 0.964 bits per heavy atom. The van der Waals surface area contributed by atoms with Gasteiger partial charge in [0.15, 0.2) is 11.5 Å². The molecule has 1 atom stereocenters. The Hall–Kier alpha value is -5.19. The molecule has 286 valence electrons. The van der Waals surface area contributed by atoms with Crippen LogP contribution in [0.15, 0.2) is 60.8 Å². The number of carbonyl (C=O) groups is 3. The van der Waals surface area contributed by atoms with Crippen LogP contribution in [0.4, 0.5) is 16.3 Å². The Balaban J connectivity index is 0.791. The second-order valence-corrected chi connectivity index (χ2v) is 15.7. The van der Waals surface area contributed by atoms with Gasteiger partial charge in [0.05, 0.1) is 27.9 Å². The predicted molar refractivity (Wildman–Crippen MR) is 209 cm³/mol. The SMILES string of the molecule is N#Cc1ccc(OC2CCC(NC(=O)c3ccc(N4CCC[C@@H](CN5CCC(n6ccc7c(N8CCC(=O)NC8=O)cccc76)CC5)C4)nn3)CC2)cc1Cl. The monoisotopic (exact) mass is 763 g/mol. The molecule has 0 unspecified atom stereocenters. The van der Waals surface area contributed by atoms with Gasteiger partial charge >= 0.3 is 6.03 Å². The molecular formula is C41H46ClN9O4. The van der Waals surface area contributed by atoms with Crippen LogP contribution in [0.5, 0.6) is 5.75 Å². The van der Waals surface area contributed by atoms with Crippen molar-refractivity contribution in [3.63, 3.8) is 0 Å². The van der Waals surface area contributed by atoms with E-state index in [1.54, 1.807) is 29.2 Å². The summed E-state index contributed by atoms with van der Waals surface area (Å²) in [5.74, 6) is 1.56. The molecule has 4 aliphatic rings. The van der Waals surface area contributed by atoms with Gasteiger partial charge in [-0.15, -0.1) is 10.2 Å². The summed E-state index contributed by atoms with van der Waals surface area (Å²) < 4.78 is 8.46. The van der Waals surface area contributed by atoms with Gasteiger partial charge in [-0.3, -0.25) is 19.8 Å². The second-order valence-electron chi connectivity index (χ2n) is 15.3. The number of carbonyl (C=O) groups excluding carboxylic acids is 3. The molecule has 3 aliphatic heterocycles. The second kappa shape index (κ2) is 16.3. The average Bonchev–Trinajstić information content (AvgIpc) is 3.64. The molecule has 5 heterocycles. The number of fused-ring (bicyclic) bond motifs is 1. The fourth-order valence-corrected chi connectivity index (χ4v) is 8.95. The number of amides is 4. The van der Waals surface area contributed by atoms with E-state index in [0.717, 1.165) is 100 Å². The van der Waals surface area contributed by atoms with Crippen LogP contribution < -0.4 is 25.2 Å². The van der Waals surface area contributed by atoms with Crippen LogP contribution in [0.25, 0.3) is 10.9 Å². The molecule has 0 bridgehead atoms. The Bertz CT molecular complexity index is 2080. The number of imide groups is 1. The zero-order chi connectivity index (χ0) is 37.9. The molecule has 1 saturated carbocycles. The maximum Gasteiger partial charge on any atom is 0.328 e. The first kappa shape index (κ1) is 36.8. The number of urea groups is 1. The van der Waals surface area contributed by atoms with Crippen LogP contribution in [0.2, 0.25) is 5.02 Å². The van der Waals surface area contributed by atoms with Crippen molar-refractivity contribution in [2.75, 3.05) is 49.1 Å². The Morgan fingerprint density at radius 2 is 1.80 bits per heavy atom. The van der Waals surface area contributed by atoms with E-state index in [1.165, 1.54) is 6.42 Å². The van der Waals surface area contributed by atoms with E-state index < -0.39 is 0 Å². The fourth-order valence-electron chi connectivity index (χ4n) is 8.74. The van der Waals surface area contributed by atoms with Crippen LogP contribution in [-0.2, 0) is 4.79 Å². The number of ether oxygens (including phenoxy) is 1. The number of benzene rings is 2. The van der Waals surface area contributed by atoms with E-state index >= 15 is 0 Å². The summed E-state index contributed by atoms with van der Waals surface area (Å²) >= 11 is 6.16. The van der Waals surface area contributed by atoms with Crippen LogP contribution in [0, 0.1) is 17.2 Å². The molecule has 2 N–H and O–H groups in total. The smallest absolute Gasteiger partial charge is 0.328 e. The Kier molecular flexibility index (Phi) is 10.9. The molecule has 13 nitrogen and oxygen atoms in total. The highest BCUT2D eigenvalue weighted by Crippen LogP contribution is 2.34. The lowest BCUT2D eigenvalue weighted by Gasteiger charge is -2.39. The zero-order valence-electron chi connectivity index (χ0n) is 30.8. The first-order chi connectivity index (χ1) is 26.8. The summed E-state index contributed by atoms with van der Waals surface area (Å²) in [6.07, 6.45) is 10.1. The van der Waals surface area contributed by atoms with Crippen molar-refractivity contribution in [2.45, 2.75) is 76.0 Å². The average molecular weight is 764 g/mol. The minimum Gasteiger partial charge on any atom is -0.490 e. The summed E-state index contributed by atoms with van der Waals surface area (Å²) in [4.78, 5) is 43.9. The summed E-state index contributed by atoms with van der Waals surface area (Å²) in [7, 11) is 0.